The molecule has 118 valence electrons. The molecule has 1 aliphatic rings. The van der Waals surface area contributed by atoms with Gasteiger partial charge in [-0.05, 0) is 56.5 Å². The maximum Gasteiger partial charge on any atom is 0.0879 e. The maximum absolute atomic E-state index is 6.43. The van der Waals surface area contributed by atoms with Gasteiger partial charge >= 0.3 is 0 Å². The van der Waals surface area contributed by atoms with Crippen molar-refractivity contribution in [2.24, 2.45) is 5.92 Å². The van der Waals surface area contributed by atoms with Gasteiger partial charge in [-0.15, -0.1) is 0 Å². The fraction of sp³-hybridized carbons (Fsp3) is 0.647. The molecule has 1 aliphatic carbocycles. The van der Waals surface area contributed by atoms with Crippen LogP contribution < -0.4 is 5.32 Å². The van der Waals surface area contributed by atoms with E-state index in [0.29, 0.717) is 17.5 Å². The van der Waals surface area contributed by atoms with E-state index < -0.39 is 0 Å². The zero-order chi connectivity index (χ0) is 15.5. The Labute approximate surface area is 138 Å². The summed E-state index contributed by atoms with van der Waals surface area (Å²) in [6.07, 6.45) is 4.57. The van der Waals surface area contributed by atoms with E-state index in [0.717, 1.165) is 23.4 Å². The quantitative estimate of drug-likeness (QED) is 0.797. The number of halogens is 2. The summed E-state index contributed by atoms with van der Waals surface area (Å²) in [5.74, 6) is 0.666. The fourth-order valence-electron chi connectivity index (χ4n) is 3.75. The van der Waals surface area contributed by atoms with Gasteiger partial charge in [0.1, 0.15) is 0 Å². The topological polar surface area (TPSA) is 21.3 Å². The van der Waals surface area contributed by atoms with E-state index >= 15 is 0 Å². The molecule has 1 N–H and O–H groups in total. The van der Waals surface area contributed by atoms with Gasteiger partial charge in [-0.2, -0.15) is 0 Å². The highest BCUT2D eigenvalue weighted by Gasteiger charge is 2.43. The third kappa shape index (κ3) is 3.73. The van der Waals surface area contributed by atoms with Gasteiger partial charge < -0.3 is 10.1 Å². The molecule has 0 bridgehead atoms. The molecule has 0 spiro atoms. The second kappa shape index (κ2) is 7.32. The molecule has 1 aromatic rings. The standard InChI is InChI=1S/C17H25Cl2NO/c1-4-21-17(9-5-6-12(2)11-17)16(20-3)14-10-13(18)7-8-15(14)19/h7-8,10,12,16,20H,4-6,9,11H2,1-3H3. The summed E-state index contributed by atoms with van der Waals surface area (Å²) in [6, 6.07) is 5.73. The van der Waals surface area contributed by atoms with Crippen molar-refractivity contribution in [3.8, 4) is 0 Å². The molecule has 1 saturated carbocycles. The van der Waals surface area contributed by atoms with E-state index in [4.69, 9.17) is 27.9 Å². The molecule has 1 aromatic carbocycles. The monoisotopic (exact) mass is 329 g/mol. The predicted molar refractivity (Wildman–Crippen MR) is 90.3 cm³/mol. The average Bonchev–Trinajstić information content (AvgIpc) is 2.43. The lowest BCUT2D eigenvalue weighted by Gasteiger charge is -2.45. The first-order chi connectivity index (χ1) is 10.0. The van der Waals surface area contributed by atoms with Crippen LogP contribution >= 0.6 is 23.2 Å². The van der Waals surface area contributed by atoms with Crippen LogP contribution in [-0.2, 0) is 4.74 Å². The summed E-state index contributed by atoms with van der Waals surface area (Å²) in [4.78, 5) is 0. The predicted octanol–water partition coefficient (Wildman–Crippen LogP) is 5.24. The van der Waals surface area contributed by atoms with Crippen LogP contribution in [0.2, 0.25) is 10.0 Å². The van der Waals surface area contributed by atoms with Crippen molar-refractivity contribution < 1.29 is 4.74 Å². The fourth-order valence-corrected chi connectivity index (χ4v) is 4.15. The second-order valence-electron chi connectivity index (χ2n) is 6.09. The second-order valence-corrected chi connectivity index (χ2v) is 6.93. The Balaban J connectivity index is 2.42. The van der Waals surface area contributed by atoms with Crippen LogP contribution in [0.15, 0.2) is 18.2 Å². The first-order valence-corrected chi connectivity index (χ1v) is 8.54. The lowest BCUT2D eigenvalue weighted by atomic mass is 9.72. The van der Waals surface area contributed by atoms with E-state index in [2.05, 4.69) is 19.2 Å². The Morgan fingerprint density at radius 3 is 2.81 bits per heavy atom. The van der Waals surface area contributed by atoms with E-state index in [1.165, 1.54) is 12.8 Å². The molecule has 0 aromatic heterocycles. The highest BCUT2D eigenvalue weighted by molar-refractivity contribution is 6.33. The summed E-state index contributed by atoms with van der Waals surface area (Å²) in [5, 5.41) is 4.89. The zero-order valence-corrected chi connectivity index (χ0v) is 14.6. The van der Waals surface area contributed by atoms with Crippen LogP contribution in [0, 0.1) is 5.92 Å². The minimum absolute atomic E-state index is 0.0615. The molecular weight excluding hydrogens is 305 g/mol. The van der Waals surface area contributed by atoms with E-state index in [-0.39, 0.29) is 11.6 Å². The number of ether oxygens (including phenoxy) is 1. The molecule has 4 heteroatoms. The highest BCUT2D eigenvalue weighted by atomic mass is 35.5. The van der Waals surface area contributed by atoms with Gasteiger partial charge in [-0.3, -0.25) is 0 Å². The highest BCUT2D eigenvalue weighted by Crippen LogP contribution is 2.45. The van der Waals surface area contributed by atoms with Gasteiger partial charge in [0.15, 0.2) is 0 Å². The lowest BCUT2D eigenvalue weighted by Crippen LogP contribution is -2.48. The molecule has 3 atom stereocenters. The first-order valence-electron chi connectivity index (χ1n) is 7.78. The smallest absolute Gasteiger partial charge is 0.0879 e. The number of rotatable bonds is 5. The van der Waals surface area contributed by atoms with Crippen molar-refractivity contribution in [2.75, 3.05) is 13.7 Å². The summed E-state index contributed by atoms with van der Waals surface area (Å²) >= 11 is 12.6. The first kappa shape index (κ1) is 17.1. The molecule has 2 rings (SSSR count). The van der Waals surface area contributed by atoms with E-state index in [1.54, 1.807) is 0 Å². The SMILES string of the molecule is CCOC1(C(NC)c2cc(Cl)ccc2Cl)CCCC(C)C1. The van der Waals surface area contributed by atoms with Crippen molar-refractivity contribution in [2.45, 2.75) is 51.2 Å². The van der Waals surface area contributed by atoms with Crippen molar-refractivity contribution in [3.05, 3.63) is 33.8 Å². The Bertz CT molecular complexity index is 476. The number of hydrogen-bond donors (Lipinski definition) is 1. The summed E-state index contributed by atoms with van der Waals surface area (Å²) in [5.41, 5.74) is 0.837. The third-order valence-electron chi connectivity index (χ3n) is 4.51. The normalized spacial score (nSPS) is 27.6. The molecule has 21 heavy (non-hydrogen) atoms. The summed E-state index contributed by atoms with van der Waals surface area (Å²) in [7, 11) is 1.97. The van der Waals surface area contributed by atoms with Gasteiger partial charge in [0.2, 0.25) is 0 Å². The Morgan fingerprint density at radius 2 is 2.19 bits per heavy atom. The lowest BCUT2D eigenvalue weighted by molar-refractivity contribution is -0.100. The van der Waals surface area contributed by atoms with Crippen LogP contribution in [0.25, 0.3) is 0 Å². The summed E-state index contributed by atoms with van der Waals surface area (Å²) in [6.45, 7) is 5.08. The van der Waals surface area contributed by atoms with Gasteiger partial charge in [-0.1, -0.05) is 43.0 Å². The van der Waals surface area contributed by atoms with Gasteiger partial charge in [0, 0.05) is 16.7 Å². The third-order valence-corrected chi connectivity index (χ3v) is 5.09. The molecule has 0 aliphatic heterocycles. The molecule has 1 fully saturated rings. The molecule has 0 heterocycles. The van der Waals surface area contributed by atoms with Crippen molar-refractivity contribution in [1.82, 2.24) is 5.32 Å². The minimum atomic E-state index is -0.199. The molecule has 3 unspecified atom stereocenters. The molecule has 0 amide bonds. The zero-order valence-electron chi connectivity index (χ0n) is 13.1. The van der Waals surface area contributed by atoms with Crippen LogP contribution in [-0.4, -0.2) is 19.3 Å². The van der Waals surface area contributed by atoms with Crippen LogP contribution in [0.1, 0.15) is 51.1 Å². The van der Waals surface area contributed by atoms with Gasteiger partial charge in [-0.25, -0.2) is 0 Å². The number of nitrogens with one attached hydrogen (secondary N) is 1. The van der Waals surface area contributed by atoms with Crippen molar-refractivity contribution >= 4 is 23.2 Å². The number of benzene rings is 1. The average molecular weight is 330 g/mol. The Kier molecular flexibility index (Phi) is 5.96. The van der Waals surface area contributed by atoms with Crippen LogP contribution in [0.5, 0.6) is 0 Å². The van der Waals surface area contributed by atoms with Crippen molar-refractivity contribution in [1.29, 1.82) is 0 Å². The largest absolute Gasteiger partial charge is 0.373 e. The molecule has 0 radical (unpaired) electrons. The molecule has 0 saturated heterocycles. The molecule has 2 nitrogen and oxygen atoms in total. The summed E-state index contributed by atoms with van der Waals surface area (Å²) < 4.78 is 6.28. The van der Waals surface area contributed by atoms with Gasteiger partial charge in [0.25, 0.3) is 0 Å². The molecular formula is C17H25Cl2NO. The van der Waals surface area contributed by atoms with Crippen LogP contribution in [0.3, 0.4) is 0 Å². The van der Waals surface area contributed by atoms with Crippen molar-refractivity contribution in [3.63, 3.8) is 0 Å². The Hall–Kier alpha value is -0.280. The number of likely N-dealkylation sites (N-methyl/N-ethyl adjacent to an activating group) is 1. The van der Waals surface area contributed by atoms with Gasteiger partial charge in [0.05, 0.1) is 11.6 Å². The Morgan fingerprint density at radius 1 is 1.43 bits per heavy atom. The van der Waals surface area contributed by atoms with Crippen LogP contribution in [0.4, 0.5) is 0 Å². The number of hydrogen-bond acceptors (Lipinski definition) is 2. The van der Waals surface area contributed by atoms with E-state index in [1.807, 2.05) is 25.2 Å². The maximum atomic E-state index is 6.43. The van der Waals surface area contributed by atoms with E-state index in [9.17, 15) is 0 Å². The minimum Gasteiger partial charge on any atom is -0.373 e.